The first kappa shape index (κ1) is 13.9. The molecule has 0 aliphatic heterocycles. The summed E-state index contributed by atoms with van der Waals surface area (Å²) < 4.78 is 10.5. The van der Waals surface area contributed by atoms with Crippen molar-refractivity contribution >= 4 is 11.4 Å². The van der Waals surface area contributed by atoms with E-state index in [0.29, 0.717) is 11.5 Å². The molecule has 0 spiro atoms. The summed E-state index contributed by atoms with van der Waals surface area (Å²) in [6, 6.07) is 15.6. The predicted octanol–water partition coefficient (Wildman–Crippen LogP) is 3.54. The van der Waals surface area contributed by atoms with Crippen molar-refractivity contribution in [2.24, 2.45) is 5.10 Å². The van der Waals surface area contributed by atoms with Gasteiger partial charge in [-0.25, -0.2) is 0 Å². The fourth-order valence-corrected chi connectivity index (χ4v) is 1.80. The zero-order valence-corrected chi connectivity index (χ0v) is 11.9. The molecular weight excluding hydrogens is 252 g/mol. The van der Waals surface area contributed by atoms with Crippen LogP contribution >= 0.6 is 0 Å². The van der Waals surface area contributed by atoms with Crippen LogP contribution in [-0.4, -0.2) is 19.9 Å². The van der Waals surface area contributed by atoms with Crippen LogP contribution in [0.2, 0.25) is 0 Å². The smallest absolute Gasteiger partial charge is 0.162 e. The van der Waals surface area contributed by atoms with E-state index in [2.05, 4.69) is 10.5 Å². The van der Waals surface area contributed by atoms with Crippen molar-refractivity contribution in [3.63, 3.8) is 0 Å². The molecule has 1 N–H and O–H groups in total. The molecule has 4 heteroatoms. The molecule has 0 unspecified atom stereocenters. The number of hydrazone groups is 1. The molecule has 0 aliphatic carbocycles. The predicted molar refractivity (Wildman–Crippen MR) is 81.8 cm³/mol. The van der Waals surface area contributed by atoms with Crippen molar-refractivity contribution in [2.75, 3.05) is 19.6 Å². The zero-order chi connectivity index (χ0) is 14.4. The van der Waals surface area contributed by atoms with Gasteiger partial charge in [-0.1, -0.05) is 30.3 Å². The van der Waals surface area contributed by atoms with E-state index in [0.717, 1.165) is 17.0 Å². The Bertz CT molecular complexity index is 595. The number of ether oxygens (including phenoxy) is 2. The van der Waals surface area contributed by atoms with E-state index in [1.54, 1.807) is 14.2 Å². The molecule has 0 saturated carbocycles. The first-order valence-electron chi connectivity index (χ1n) is 6.32. The monoisotopic (exact) mass is 270 g/mol. The second-order valence-electron chi connectivity index (χ2n) is 4.24. The summed E-state index contributed by atoms with van der Waals surface area (Å²) in [5.74, 6) is 1.37. The fourth-order valence-electron chi connectivity index (χ4n) is 1.80. The largest absolute Gasteiger partial charge is 0.493 e. The lowest BCUT2D eigenvalue weighted by Gasteiger charge is -2.09. The van der Waals surface area contributed by atoms with Gasteiger partial charge in [0.2, 0.25) is 0 Å². The lowest BCUT2D eigenvalue weighted by Crippen LogP contribution is -2.00. The zero-order valence-electron chi connectivity index (χ0n) is 11.9. The van der Waals surface area contributed by atoms with Crippen LogP contribution in [-0.2, 0) is 0 Å². The van der Waals surface area contributed by atoms with Gasteiger partial charge < -0.3 is 9.47 Å². The first-order valence-corrected chi connectivity index (χ1v) is 6.32. The normalized spacial score (nSPS) is 11.1. The van der Waals surface area contributed by atoms with Crippen LogP contribution in [0.1, 0.15) is 12.5 Å². The molecule has 0 aromatic heterocycles. The molecule has 0 fully saturated rings. The number of nitrogens with one attached hydrogen (secondary N) is 1. The second kappa shape index (κ2) is 6.61. The maximum Gasteiger partial charge on any atom is 0.162 e. The molecule has 0 saturated heterocycles. The van der Waals surface area contributed by atoms with Gasteiger partial charge in [0.15, 0.2) is 11.5 Å². The van der Waals surface area contributed by atoms with Crippen LogP contribution in [0.4, 0.5) is 5.69 Å². The molecule has 0 aliphatic rings. The average molecular weight is 270 g/mol. The second-order valence-corrected chi connectivity index (χ2v) is 4.24. The highest BCUT2D eigenvalue weighted by atomic mass is 16.5. The van der Waals surface area contributed by atoms with Gasteiger partial charge in [0.05, 0.1) is 25.6 Å². The minimum absolute atomic E-state index is 0.671. The average Bonchev–Trinajstić information content (AvgIpc) is 2.53. The Kier molecular flexibility index (Phi) is 4.60. The molecule has 4 nitrogen and oxygen atoms in total. The summed E-state index contributed by atoms with van der Waals surface area (Å²) in [6.07, 6.45) is 0. The first-order chi connectivity index (χ1) is 9.74. The molecule has 2 rings (SSSR count). The number of benzene rings is 2. The van der Waals surface area contributed by atoms with Gasteiger partial charge in [-0.3, -0.25) is 5.43 Å². The fraction of sp³-hybridized carbons (Fsp3) is 0.188. The summed E-state index contributed by atoms with van der Waals surface area (Å²) in [4.78, 5) is 0. The van der Waals surface area contributed by atoms with Gasteiger partial charge in [-0.2, -0.15) is 5.10 Å². The van der Waals surface area contributed by atoms with Gasteiger partial charge in [0, 0.05) is 6.07 Å². The van der Waals surface area contributed by atoms with Crippen LogP contribution in [0.15, 0.2) is 53.6 Å². The highest BCUT2D eigenvalue weighted by molar-refractivity contribution is 5.99. The van der Waals surface area contributed by atoms with Crippen LogP contribution in [0.5, 0.6) is 11.5 Å². The minimum atomic E-state index is 0.671. The van der Waals surface area contributed by atoms with Crippen molar-refractivity contribution < 1.29 is 9.47 Å². The van der Waals surface area contributed by atoms with E-state index in [1.807, 2.05) is 55.5 Å². The van der Waals surface area contributed by atoms with Crippen LogP contribution in [0.3, 0.4) is 0 Å². The third-order valence-electron chi connectivity index (χ3n) is 2.93. The van der Waals surface area contributed by atoms with Crippen molar-refractivity contribution in [2.45, 2.75) is 6.92 Å². The van der Waals surface area contributed by atoms with Gasteiger partial charge in [0.1, 0.15) is 0 Å². The van der Waals surface area contributed by atoms with Crippen molar-refractivity contribution in [3.05, 3.63) is 54.1 Å². The quantitative estimate of drug-likeness (QED) is 0.667. The van der Waals surface area contributed by atoms with Crippen LogP contribution in [0, 0.1) is 0 Å². The van der Waals surface area contributed by atoms with E-state index >= 15 is 0 Å². The van der Waals surface area contributed by atoms with E-state index in [4.69, 9.17) is 9.47 Å². The van der Waals surface area contributed by atoms with E-state index in [9.17, 15) is 0 Å². The van der Waals surface area contributed by atoms with E-state index in [1.165, 1.54) is 0 Å². The van der Waals surface area contributed by atoms with Crippen LogP contribution < -0.4 is 14.9 Å². The molecule has 0 atom stereocenters. The Morgan fingerprint density at radius 2 is 1.65 bits per heavy atom. The molecule has 20 heavy (non-hydrogen) atoms. The van der Waals surface area contributed by atoms with Crippen molar-refractivity contribution in [3.8, 4) is 11.5 Å². The molecule has 2 aromatic carbocycles. The van der Waals surface area contributed by atoms with Gasteiger partial charge in [-0.15, -0.1) is 0 Å². The van der Waals surface area contributed by atoms with Crippen molar-refractivity contribution in [1.82, 2.24) is 0 Å². The highest BCUT2D eigenvalue weighted by Gasteiger charge is 2.04. The molecule has 0 radical (unpaired) electrons. The number of anilines is 1. The Labute approximate surface area is 119 Å². The summed E-state index contributed by atoms with van der Waals surface area (Å²) in [5, 5.41) is 4.37. The minimum Gasteiger partial charge on any atom is -0.493 e. The molecular formula is C16H18N2O2. The lowest BCUT2D eigenvalue weighted by molar-refractivity contribution is 0.355. The van der Waals surface area contributed by atoms with Gasteiger partial charge in [-0.05, 0) is 24.6 Å². The Balaban J connectivity index is 2.14. The number of hydrogen-bond donors (Lipinski definition) is 1. The lowest BCUT2D eigenvalue weighted by atomic mass is 10.1. The van der Waals surface area contributed by atoms with Gasteiger partial charge >= 0.3 is 0 Å². The maximum atomic E-state index is 5.25. The third-order valence-corrected chi connectivity index (χ3v) is 2.93. The number of nitrogens with zero attached hydrogens (tertiary/aromatic N) is 1. The summed E-state index contributed by atoms with van der Waals surface area (Å²) in [6.45, 7) is 1.96. The highest BCUT2D eigenvalue weighted by Crippen LogP contribution is 2.29. The SMILES string of the molecule is COc1ccc(NN=C(C)c2ccccc2)cc1OC. The Hall–Kier alpha value is -2.49. The summed E-state index contributed by atoms with van der Waals surface area (Å²) >= 11 is 0. The number of hydrogen-bond acceptors (Lipinski definition) is 4. The maximum absolute atomic E-state index is 5.25. The third kappa shape index (κ3) is 3.29. The Morgan fingerprint density at radius 3 is 2.30 bits per heavy atom. The van der Waals surface area contributed by atoms with Gasteiger partial charge in [0.25, 0.3) is 0 Å². The van der Waals surface area contributed by atoms with E-state index < -0.39 is 0 Å². The summed E-state index contributed by atoms with van der Waals surface area (Å²) in [7, 11) is 3.22. The summed E-state index contributed by atoms with van der Waals surface area (Å²) in [5.41, 5.74) is 5.87. The molecule has 0 amide bonds. The molecule has 0 heterocycles. The standard InChI is InChI=1S/C16H18N2O2/c1-12(13-7-5-4-6-8-13)17-18-14-9-10-15(19-2)16(11-14)20-3/h4-11,18H,1-3H3. The topological polar surface area (TPSA) is 42.8 Å². The van der Waals surface area contributed by atoms with E-state index in [-0.39, 0.29) is 0 Å². The van der Waals surface area contributed by atoms with Crippen molar-refractivity contribution in [1.29, 1.82) is 0 Å². The Morgan fingerprint density at radius 1 is 0.950 bits per heavy atom. The molecule has 2 aromatic rings. The number of methoxy groups -OCH3 is 2. The van der Waals surface area contributed by atoms with Crippen LogP contribution in [0.25, 0.3) is 0 Å². The number of rotatable bonds is 5. The molecule has 0 bridgehead atoms. The molecule has 104 valence electrons.